The molecule has 0 atom stereocenters. The van der Waals surface area contributed by atoms with Gasteiger partial charge in [0.1, 0.15) is 5.75 Å². The lowest BCUT2D eigenvalue weighted by molar-refractivity contribution is 0.423. The molecule has 0 fully saturated rings. The molecule has 7 heteroatoms. The summed E-state index contributed by atoms with van der Waals surface area (Å²) in [6.45, 7) is 0. The molecule has 0 saturated carbocycles. The fraction of sp³-hybridized carbons (Fsp3) is 0.167. The highest BCUT2D eigenvalue weighted by Crippen LogP contribution is 2.30. The average Bonchev–Trinajstić information content (AvgIpc) is 2.37. The van der Waals surface area contributed by atoms with Crippen LogP contribution >= 0.6 is 23.2 Å². The Morgan fingerprint density at radius 3 is 2.42 bits per heavy atom. The predicted octanol–water partition coefficient (Wildman–Crippen LogP) is 2.18. The smallest absolute Gasteiger partial charge is 0.333 e. The first-order valence-electron chi connectivity index (χ1n) is 5.30. The van der Waals surface area contributed by atoms with Crippen LogP contribution in [0.25, 0.3) is 0 Å². The second kappa shape index (κ2) is 5.11. The van der Waals surface area contributed by atoms with Crippen LogP contribution in [-0.4, -0.2) is 9.13 Å². The van der Waals surface area contributed by atoms with Crippen molar-refractivity contribution in [3.63, 3.8) is 0 Å². The van der Waals surface area contributed by atoms with Crippen LogP contribution in [0.3, 0.4) is 0 Å². The number of rotatable bonds is 2. The SMILES string of the molecule is Cn1c(Oc2cc(Cl)ccc2Cl)cc(=O)n(C)c1=O. The van der Waals surface area contributed by atoms with Crippen LogP contribution in [0.4, 0.5) is 0 Å². The molecule has 0 bridgehead atoms. The molecule has 2 aromatic rings. The Morgan fingerprint density at radius 1 is 1.05 bits per heavy atom. The second-order valence-corrected chi connectivity index (χ2v) is 4.74. The number of ether oxygens (including phenoxy) is 1. The number of aromatic nitrogens is 2. The van der Waals surface area contributed by atoms with E-state index in [1.807, 2.05) is 0 Å². The third-order valence-electron chi connectivity index (χ3n) is 2.59. The van der Waals surface area contributed by atoms with Gasteiger partial charge < -0.3 is 4.74 Å². The fourth-order valence-corrected chi connectivity index (χ4v) is 1.80. The van der Waals surface area contributed by atoms with Crippen molar-refractivity contribution < 1.29 is 4.74 Å². The number of nitrogens with zero attached hydrogens (tertiary/aromatic N) is 2. The Morgan fingerprint density at radius 2 is 1.74 bits per heavy atom. The summed E-state index contributed by atoms with van der Waals surface area (Å²) in [7, 11) is 2.89. The Kier molecular flexibility index (Phi) is 3.68. The van der Waals surface area contributed by atoms with Crippen LogP contribution < -0.4 is 16.0 Å². The van der Waals surface area contributed by atoms with Crippen LogP contribution in [0.15, 0.2) is 33.9 Å². The Labute approximate surface area is 118 Å². The van der Waals surface area contributed by atoms with Crippen molar-refractivity contribution in [1.29, 1.82) is 0 Å². The summed E-state index contributed by atoms with van der Waals surface area (Å²) in [5.41, 5.74) is -0.947. The zero-order valence-corrected chi connectivity index (χ0v) is 11.7. The van der Waals surface area contributed by atoms with E-state index in [1.54, 1.807) is 12.1 Å². The third-order valence-corrected chi connectivity index (χ3v) is 3.14. The van der Waals surface area contributed by atoms with Crippen molar-refractivity contribution in [1.82, 2.24) is 9.13 Å². The molecule has 0 radical (unpaired) electrons. The summed E-state index contributed by atoms with van der Waals surface area (Å²) in [5, 5.41) is 0.769. The van der Waals surface area contributed by atoms with E-state index in [4.69, 9.17) is 27.9 Å². The van der Waals surface area contributed by atoms with Gasteiger partial charge in [-0.25, -0.2) is 4.79 Å². The molecule has 0 saturated heterocycles. The maximum atomic E-state index is 11.7. The standard InChI is InChI=1S/C12H10Cl2N2O3/c1-15-10(17)6-11(16(2)12(15)18)19-9-5-7(13)3-4-8(9)14/h3-6H,1-2H3. The van der Waals surface area contributed by atoms with Crippen molar-refractivity contribution in [3.05, 3.63) is 55.1 Å². The first-order valence-corrected chi connectivity index (χ1v) is 6.05. The summed E-state index contributed by atoms with van der Waals surface area (Å²) in [4.78, 5) is 23.3. The highest BCUT2D eigenvalue weighted by Gasteiger charge is 2.10. The van der Waals surface area contributed by atoms with Crippen molar-refractivity contribution in [2.45, 2.75) is 0 Å². The van der Waals surface area contributed by atoms with E-state index in [0.29, 0.717) is 10.0 Å². The Balaban J connectivity index is 2.53. The molecule has 0 spiro atoms. The minimum Gasteiger partial charge on any atom is -0.439 e. The van der Waals surface area contributed by atoms with Gasteiger partial charge in [0.2, 0.25) is 5.88 Å². The van der Waals surface area contributed by atoms with Gasteiger partial charge in [0.15, 0.2) is 0 Å². The first kappa shape index (κ1) is 13.7. The van der Waals surface area contributed by atoms with Gasteiger partial charge in [0.05, 0.1) is 11.1 Å². The predicted molar refractivity (Wildman–Crippen MR) is 73.5 cm³/mol. The molecule has 5 nitrogen and oxygen atoms in total. The largest absolute Gasteiger partial charge is 0.439 e. The molecule has 0 unspecified atom stereocenters. The molecule has 0 aliphatic rings. The monoisotopic (exact) mass is 300 g/mol. The van der Waals surface area contributed by atoms with E-state index in [-0.39, 0.29) is 11.6 Å². The molecule has 0 aliphatic carbocycles. The molecule has 1 aromatic heterocycles. The number of hydrogen-bond donors (Lipinski definition) is 0. The zero-order valence-electron chi connectivity index (χ0n) is 10.2. The fourth-order valence-electron chi connectivity index (χ4n) is 1.48. The molecule has 19 heavy (non-hydrogen) atoms. The summed E-state index contributed by atoms with van der Waals surface area (Å²) < 4.78 is 7.66. The molecule has 1 aromatic carbocycles. The number of hydrogen-bond acceptors (Lipinski definition) is 3. The third kappa shape index (κ3) is 2.67. The van der Waals surface area contributed by atoms with Crippen LogP contribution in [0.2, 0.25) is 10.0 Å². The molecular formula is C12H10Cl2N2O3. The van der Waals surface area contributed by atoms with Gasteiger partial charge in [-0.2, -0.15) is 0 Å². The van der Waals surface area contributed by atoms with Crippen LogP contribution in [0, 0.1) is 0 Å². The van der Waals surface area contributed by atoms with Gasteiger partial charge in [0.25, 0.3) is 5.56 Å². The first-order chi connectivity index (χ1) is 8.90. The van der Waals surface area contributed by atoms with Gasteiger partial charge >= 0.3 is 5.69 Å². The lowest BCUT2D eigenvalue weighted by Gasteiger charge is -2.11. The Hall–Kier alpha value is -1.72. The van der Waals surface area contributed by atoms with Gasteiger partial charge in [-0.3, -0.25) is 13.9 Å². The average molecular weight is 301 g/mol. The van der Waals surface area contributed by atoms with Crippen LogP contribution in [-0.2, 0) is 14.1 Å². The highest BCUT2D eigenvalue weighted by molar-refractivity contribution is 6.34. The summed E-state index contributed by atoms with van der Waals surface area (Å²) >= 11 is 11.8. The van der Waals surface area contributed by atoms with Crippen molar-refractivity contribution >= 4 is 23.2 Å². The molecular weight excluding hydrogens is 291 g/mol. The van der Waals surface area contributed by atoms with Crippen molar-refractivity contribution in [2.24, 2.45) is 14.1 Å². The molecule has 0 amide bonds. The maximum Gasteiger partial charge on any atom is 0.333 e. The van der Waals surface area contributed by atoms with E-state index < -0.39 is 11.2 Å². The minimum atomic E-state index is -0.486. The molecule has 100 valence electrons. The van der Waals surface area contributed by atoms with Gasteiger partial charge in [-0.1, -0.05) is 23.2 Å². The van der Waals surface area contributed by atoms with Gasteiger partial charge in [0, 0.05) is 25.2 Å². The van der Waals surface area contributed by atoms with Gasteiger partial charge in [-0.05, 0) is 12.1 Å². The second-order valence-electron chi connectivity index (χ2n) is 3.90. The van der Waals surface area contributed by atoms with Gasteiger partial charge in [-0.15, -0.1) is 0 Å². The van der Waals surface area contributed by atoms with Crippen LogP contribution in [0.1, 0.15) is 0 Å². The zero-order chi connectivity index (χ0) is 14.2. The quantitative estimate of drug-likeness (QED) is 0.854. The topological polar surface area (TPSA) is 53.2 Å². The van der Waals surface area contributed by atoms with E-state index in [0.717, 1.165) is 4.57 Å². The van der Waals surface area contributed by atoms with E-state index in [1.165, 1.54) is 30.8 Å². The lowest BCUT2D eigenvalue weighted by atomic mass is 10.3. The van der Waals surface area contributed by atoms with Crippen molar-refractivity contribution in [3.8, 4) is 11.6 Å². The molecule has 0 aliphatic heterocycles. The number of halogens is 2. The summed E-state index contributed by atoms with van der Waals surface area (Å²) in [5.74, 6) is 0.370. The number of benzene rings is 1. The molecule has 0 N–H and O–H groups in total. The van der Waals surface area contributed by atoms with E-state index in [2.05, 4.69) is 0 Å². The molecule has 2 rings (SSSR count). The normalized spacial score (nSPS) is 10.5. The maximum absolute atomic E-state index is 11.7. The highest BCUT2D eigenvalue weighted by atomic mass is 35.5. The Bertz CT molecular complexity index is 750. The lowest BCUT2D eigenvalue weighted by Crippen LogP contribution is -2.36. The van der Waals surface area contributed by atoms with E-state index >= 15 is 0 Å². The molecule has 1 heterocycles. The summed E-state index contributed by atoms with van der Waals surface area (Å²) in [6.07, 6.45) is 0. The van der Waals surface area contributed by atoms with Crippen LogP contribution in [0.5, 0.6) is 11.6 Å². The summed E-state index contributed by atoms with van der Waals surface area (Å²) in [6, 6.07) is 5.89. The minimum absolute atomic E-state index is 0.0947. The van der Waals surface area contributed by atoms with Crippen molar-refractivity contribution in [2.75, 3.05) is 0 Å². The van der Waals surface area contributed by atoms with E-state index in [9.17, 15) is 9.59 Å².